The van der Waals surface area contributed by atoms with Crippen LogP contribution in [0.4, 0.5) is 5.69 Å². The van der Waals surface area contributed by atoms with Crippen LogP contribution in [0.5, 0.6) is 0 Å². The third kappa shape index (κ3) is 3.05. The van der Waals surface area contributed by atoms with Gasteiger partial charge in [0.1, 0.15) is 4.47 Å². The zero-order chi connectivity index (χ0) is 14.7. The van der Waals surface area contributed by atoms with Crippen LogP contribution < -0.4 is 5.73 Å². The van der Waals surface area contributed by atoms with Crippen LogP contribution in [0.2, 0.25) is 0 Å². The Labute approximate surface area is 124 Å². The van der Waals surface area contributed by atoms with Crippen molar-refractivity contribution in [2.75, 3.05) is 0 Å². The topological polar surface area (TPSA) is 87.0 Å². The summed E-state index contributed by atoms with van der Waals surface area (Å²) in [6.07, 6.45) is 4.45. The van der Waals surface area contributed by atoms with E-state index >= 15 is 0 Å². The molecule has 0 fully saturated rings. The van der Waals surface area contributed by atoms with E-state index in [2.05, 4.69) is 21.0 Å². The maximum Gasteiger partial charge on any atom is 0.283 e. The Hall–Kier alpha value is -1.73. The van der Waals surface area contributed by atoms with Crippen molar-refractivity contribution in [3.8, 4) is 0 Å². The number of aromatic nitrogens is 2. The normalized spacial score (nSPS) is 12.3. The van der Waals surface area contributed by atoms with Gasteiger partial charge in [0.05, 0.1) is 17.7 Å². The Morgan fingerprint density at radius 2 is 2.30 bits per heavy atom. The second-order valence-electron chi connectivity index (χ2n) is 4.49. The van der Waals surface area contributed by atoms with Crippen molar-refractivity contribution in [1.82, 2.24) is 9.78 Å². The van der Waals surface area contributed by atoms with Crippen LogP contribution in [0.25, 0.3) is 0 Å². The molecule has 6 nitrogen and oxygen atoms in total. The molecule has 20 heavy (non-hydrogen) atoms. The first-order chi connectivity index (χ1) is 9.52. The molecule has 0 saturated carbocycles. The highest BCUT2D eigenvalue weighted by Crippen LogP contribution is 2.28. The van der Waals surface area contributed by atoms with Gasteiger partial charge in [-0.1, -0.05) is 19.1 Å². The van der Waals surface area contributed by atoms with Gasteiger partial charge in [0, 0.05) is 23.9 Å². The van der Waals surface area contributed by atoms with E-state index in [1.807, 2.05) is 19.2 Å². The van der Waals surface area contributed by atoms with E-state index < -0.39 is 4.92 Å². The van der Waals surface area contributed by atoms with E-state index in [4.69, 9.17) is 5.73 Å². The molecule has 0 aliphatic heterocycles. The van der Waals surface area contributed by atoms with Crippen LogP contribution in [0.15, 0.2) is 35.1 Å². The summed E-state index contributed by atoms with van der Waals surface area (Å²) in [7, 11) is 0. The first-order valence-electron chi connectivity index (χ1n) is 6.22. The van der Waals surface area contributed by atoms with Gasteiger partial charge in [-0.05, 0) is 27.9 Å². The van der Waals surface area contributed by atoms with E-state index in [9.17, 15) is 10.1 Å². The third-order valence-corrected chi connectivity index (χ3v) is 4.02. The maximum absolute atomic E-state index is 10.9. The summed E-state index contributed by atoms with van der Waals surface area (Å²) in [5.41, 5.74) is 7.77. The van der Waals surface area contributed by atoms with Crippen molar-refractivity contribution in [2.24, 2.45) is 5.73 Å². The Morgan fingerprint density at radius 1 is 1.55 bits per heavy atom. The van der Waals surface area contributed by atoms with Gasteiger partial charge in [-0.2, -0.15) is 5.10 Å². The lowest BCUT2D eigenvalue weighted by Crippen LogP contribution is -2.07. The maximum atomic E-state index is 10.9. The molecule has 1 atom stereocenters. The molecule has 106 valence electrons. The van der Waals surface area contributed by atoms with E-state index in [1.165, 1.54) is 6.07 Å². The molecule has 1 aromatic carbocycles. The fourth-order valence-corrected chi connectivity index (χ4v) is 2.43. The summed E-state index contributed by atoms with van der Waals surface area (Å²) >= 11 is 3.28. The summed E-state index contributed by atoms with van der Waals surface area (Å²) in [6.45, 7) is 2.47. The first kappa shape index (κ1) is 14.7. The minimum Gasteiger partial charge on any atom is -0.324 e. The lowest BCUT2D eigenvalue weighted by molar-refractivity contribution is -0.385. The van der Waals surface area contributed by atoms with Crippen LogP contribution in [0.1, 0.15) is 30.5 Å². The molecule has 0 radical (unpaired) electrons. The number of nitrogens with zero attached hydrogens (tertiary/aromatic N) is 3. The largest absolute Gasteiger partial charge is 0.324 e. The molecule has 0 spiro atoms. The zero-order valence-electron chi connectivity index (χ0n) is 11.0. The van der Waals surface area contributed by atoms with Crippen LogP contribution in [0.3, 0.4) is 0 Å². The predicted octanol–water partition coefficient (Wildman–Crippen LogP) is 3.01. The van der Waals surface area contributed by atoms with Gasteiger partial charge in [0.25, 0.3) is 5.69 Å². The van der Waals surface area contributed by atoms with Crippen molar-refractivity contribution in [2.45, 2.75) is 25.9 Å². The zero-order valence-corrected chi connectivity index (χ0v) is 12.6. The van der Waals surface area contributed by atoms with Crippen LogP contribution >= 0.6 is 15.9 Å². The molecule has 1 aromatic heterocycles. The molecule has 2 aromatic rings. The van der Waals surface area contributed by atoms with Gasteiger partial charge in [0.15, 0.2) is 0 Å². The molecule has 1 heterocycles. The molecular formula is C13H15BrN4O2. The number of nitro groups is 1. The third-order valence-electron chi connectivity index (χ3n) is 3.11. The van der Waals surface area contributed by atoms with Crippen molar-refractivity contribution >= 4 is 21.6 Å². The number of rotatable bonds is 5. The van der Waals surface area contributed by atoms with Crippen molar-refractivity contribution in [1.29, 1.82) is 0 Å². The second kappa shape index (κ2) is 6.15. The van der Waals surface area contributed by atoms with E-state index in [1.54, 1.807) is 16.9 Å². The minimum absolute atomic E-state index is 0.0303. The summed E-state index contributed by atoms with van der Waals surface area (Å²) < 4.78 is 2.22. The number of nitrogens with two attached hydrogens (primary N) is 1. The Morgan fingerprint density at radius 3 is 2.95 bits per heavy atom. The molecule has 2 N–H and O–H groups in total. The number of benzene rings is 1. The monoisotopic (exact) mass is 338 g/mol. The number of halogens is 1. The number of nitro benzene ring substituents is 1. The molecule has 2 rings (SSSR count). The standard InChI is InChI=1S/C13H15BrN4O2/c1-2-11(15)10-6-16-17(8-10)7-9-4-3-5-12(13(9)14)18(19)20/h3-6,8,11H,2,7,15H2,1H3. The smallest absolute Gasteiger partial charge is 0.283 e. The first-order valence-corrected chi connectivity index (χ1v) is 7.02. The molecule has 0 amide bonds. The second-order valence-corrected chi connectivity index (χ2v) is 5.29. The highest BCUT2D eigenvalue weighted by atomic mass is 79.9. The van der Waals surface area contributed by atoms with Gasteiger partial charge in [-0.15, -0.1) is 0 Å². The highest BCUT2D eigenvalue weighted by molar-refractivity contribution is 9.10. The van der Waals surface area contributed by atoms with E-state index in [0.717, 1.165) is 17.5 Å². The predicted molar refractivity (Wildman–Crippen MR) is 79.3 cm³/mol. The molecule has 0 bridgehead atoms. The van der Waals surface area contributed by atoms with Crippen LogP contribution in [-0.4, -0.2) is 14.7 Å². The average Bonchev–Trinajstić information content (AvgIpc) is 2.88. The van der Waals surface area contributed by atoms with Crippen molar-refractivity contribution < 1.29 is 4.92 Å². The van der Waals surface area contributed by atoms with Crippen molar-refractivity contribution in [3.63, 3.8) is 0 Å². The molecule has 0 saturated heterocycles. The lowest BCUT2D eigenvalue weighted by atomic mass is 10.1. The van der Waals surface area contributed by atoms with Gasteiger partial charge in [0.2, 0.25) is 0 Å². The van der Waals surface area contributed by atoms with E-state index in [-0.39, 0.29) is 11.7 Å². The Balaban J connectivity index is 2.24. The van der Waals surface area contributed by atoms with Crippen molar-refractivity contribution in [3.05, 3.63) is 56.3 Å². The van der Waals surface area contributed by atoms with Gasteiger partial charge < -0.3 is 5.73 Å². The van der Waals surface area contributed by atoms with Gasteiger partial charge in [-0.25, -0.2) is 0 Å². The highest BCUT2D eigenvalue weighted by Gasteiger charge is 2.15. The number of hydrogen-bond acceptors (Lipinski definition) is 4. The van der Waals surface area contributed by atoms with Crippen LogP contribution in [-0.2, 0) is 6.54 Å². The van der Waals surface area contributed by atoms with Gasteiger partial charge in [-0.3, -0.25) is 14.8 Å². The molecule has 7 heteroatoms. The summed E-state index contributed by atoms with van der Waals surface area (Å²) in [6, 6.07) is 4.94. The number of hydrogen-bond donors (Lipinski definition) is 1. The fraction of sp³-hybridized carbons (Fsp3) is 0.308. The minimum atomic E-state index is -0.408. The fourth-order valence-electron chi connectivity index (χ4n) is 1.90. The van der Waals surface area contributed by atoms with E-state index in [0.29, 0.717) is 11.0 Å². The van der Waals surface area contributed by atoms with Gasteiger partial charge >= 0.3 is 0 Å². The summed E-state index contributed by atoms with van der Waals surface area (Å²) in [4.78, 5) is 10.5. The lowest BCUT2D eigenvalue weighted by Gasteiger charge is -2.06. The van der Waals surface area contributed by atoms with Crippen LogP contribution in [0, 0.1) is 10.1 Å². The molecule has 1 unspecified atom stereocenters. The molecule has 0 aliphatic carbocycles. The average molecular weight is 339 g/mol. The molecular weight excluding hydrogens is 324 g/mol. The Bertz CT molecular complexity index is 627. The quantitative estimate of drug-likeness (QED) is 0.670. The molecule has 0 aliphatic rings. The Kier molecular flexibility index (Phi) is 4.51. The summed E-state index contributed by atoms with van der Waals surface area (Å²) in [5.74, 6) is 0. The summed E-state index contributed by atoms with van der Waals surface area (Å²) in [5, 5.41) is 15.1. The SMILES string of the molecule is CCC(N)c1cnn(Cc2cccc([N+](=O)[O-])c2Br)c1.